The molecule has 0 radical (unpaired) electrons. The van der Waals surface area contributed by atoms with Crippen molar-refractivity contribution < 1.29 is 0 Å². The second-order valence-electron chi connectivity index (χ2n) is 6.96. The Morgan fingerprint density at radius 3 is 2.25 bits per heavy atom. The fourth-order valence-electron chi connectivity index (χ4n) is 2.56. The minimum atomic E-state index is 0.271. The molecule has 0 unspecified atom stereocenters. The van der Waals surface area contributed by atoms with Gasteiger partial charge in [0.15, 0.2) is 0 Å². The van der Waals surface area contributed by atoms with Gasteiger partial charge in [-0.1, -0.05) is 20.8 Å². The van der Waals surface area contributed by atoms with E-state index >= 15 is 0 Å². The smallest absolute Gasteiger partial charge is 0.134 e. The van der Waals surface area contributed by atoms with Crippen molar-refractivity contribution >= 4 is 0 Å². The zero-order valence-corrected chi connectivity index (χ0v) is 13.7. The lowest BCUT2D eigenvalue weighted by molar-refractivity contribution is 0.542. The SMILES string of the molecule is Cc1nc(C2(C)CC2)nc(C)c1CCCNCC(C)C. The van der Waals surface area contributed by atoms with Crippen molar-refractivity contribution in [3.05, 3.63) is 22.8 Å². The Labute approximate surface area is 123 Å². The summed E-state index contributed by atoms with van der Waals surface area (Å²) in [7, 11) is 0. The third-order valence-corrected chi connectivity index (χ3v) is 4.29. The van der Waals surface area contributed by atoms with E-state index in [1.165, 1.54) is 29.8 Å². The van der Waals surface area contributed by atoms with Gasteiger partial charge in [0, 0.05) is 16.8 Å². The Hall–Kier alpha value is -0.960. The molecule has 1 aromatic rings. The molecule has 0 bridgehead atoms. The molecule has 1 saturated carbocycles. The maximum atomic E-state index is 4.76. The maximum absolute atomic E-state index is 4.76. The van der Waals surface area contributed by atoms with Crippen molar-refractivity contribution in [3.63, 3.8) is 0 Å². The van der Waals surface area contributed by atoms with Crippen LogP contribution in [0.25, 0.3) is 0 Å². The van der Waals surface area contributed by atoms with Crippen LogP contribution >= 0.6 is 0 Å². The van der Waals surface area contributed by atoms with Crippen LogP contribution in [0.5, 0.6) is 0 Å². The minimum absolute atomic E-state index is 0.271. The molecule has 1 aliphatic rings. The number of hydrogen-bond donors (Lipinski definition) is 1. The summed E-state index contributed by atoms with van der Waals surface area (Å²) in [6, 6.07) is 0. The first kappa shape index (κ1) is 15.4. The molecule has 20 heavy (non-hydrogen) atoms. The topological polar surface area (TPSA) is 37.8 Å². The third kappa shape index (κ3) is 3.78. The summed E-state index contributed by atoms with van der Waals surface area (Å²) in [5.41, 5.74) is 3.99. The van der Waals surface area contributed by atoms with E-state index < -0.39 is 0 Å². The van der Waals surface area contributed by atoms with E-state index in [2.05, 4.69) is 39.9 Å². The molecular formula is C17H29N3. The molecular weight excluding hydrogens is 246 g/mol. The fourth-order valence-corrected chi connectivity index (χ4v) is 2.56. The van der Waals surface area contributed by atoms with E-state index in [-0.39, 0.29) is 5.41 Å². The van der Waals surface area contributed by atoms with Gasteiger partial charge in [-0.25, -0.2) is 9.97 Å². The van der Waals surface area contributed by atoms with E-state index in [0.29, 0.717) is 0 Å². The lowest BCUT2D eigenvalue weighted by Crippen LogP contribution is -2.21. The zero-order valence-electron chi connectivity index (χ0n) is 13.7. The molecule has 0 saturated heterocycles. The first-order valence-corrected chi connectivity index (χ1v) is 7.98. The van der Waals surface area contributed by atoms with Gasteiger partial charge in [-0.15, -0.1) is 0 Å². The number of hydrogen-bond acceptors (Lipinski definition) is 3. The Kier molecular flexibility index (Phi) is 4.79. The van der Waals surface area contributed by atoms with E-state index in [1.54, 1.807) is 0 Å². The number of nitrogens with zero attached hydrogens (tertiary/aromatic N) is 2. The maximum Gasteiger partial charge on any atom is 0.134 e. The molecule has 0 aromatic carbocycles. The quantitative estimate of drug-likeness (QED) is 0.776. The van der Waals surface area contributed by atoms with Gasteiger partial charge in [-0.05, 0) is 64.1 Å². The van der Waals surface area contributed by atoms with Crippen molar-refractivity contribution in [2.24, 2.45) is 5.92 Å². The van der Waals surface area contributed by atoms with E-state index in [4.69, 9.17) is 9.97 Å². The van der Waals surface area contributed by atoms with Gasteiger partial charge >= 0.3 is 0 Å². The van der Waals surface area contributed by atoms with Gasteiger partial charge in [0.1, 0.15) is 5.82 Å². The van der Waals surface area contributed by atoms with Gasteiger partial charge in [-0.2, -0.15) is 0 Å². The van der Waals surface area contributed by atoms with Crippen molar-refractivity contribution in [3.8, 4) is 0 Å². The number of aryl methyl sites for hydroxylation is 2. The van der Waals surface area contributed by atoms with E-state index in [0.717, 1.165) is 37.7 Å². The minimum Gasteiger partial charge on any atom is -0.316 e. The average Bonchev–Trinajstić information content (AvgIpc) is 3.10. The van der Waals surface area contributed by atoms with Crippen LogP contribution in [-0.2, 0) is 11.8 Å². The molecule has 0 amide bonds. The monoisotopic (exact) mass is 275 g/mol. The molecule has 0 atom stereocenters. The second-order valence-corrected chi connectivity index (χ2v) is 6.96. The van der Waals surface area contributed by atoms with Crippen molar-refractivity contribution in [1.29, 1.82) is 0 Å². The molecule has 1 N–H and O–H groups in total. The predicted octanol–water partition coefficient (Wildman–Crippen LogP) is 3.32. The van der Waals surface area contributed by atoms with Crippen LogP contribution in [0.15, 0.2) is 0 Å². The summed E-state index contributed by atoms with van der Waals surface area (Å²) < 4.78 is 0. The van der Waals surface area contributed by atoms with E-state index in [9.17, 15) is 0 Å². The summed E-state index contributed by atoms with van der Waals surface area (Å²) in [6.45, 7) is 13.2. The van der Waals surface area contributed by atoms with Gasteiger partial charge in [-0.3, -0.25) is 0 Å². The molecule has 1 heterocycles. The molecule has 0 spiro atoms. The lowest BCUT2D eigenvalue weighted by Gasteiger charge is -2.14. The summed E-state index contributed by atoms with van der Waals surface area (Å²) in [6.07, 6.45) is 4.73. The molecule has 3 heteroatoms. The third-order valence-electron chi connectivity index (χ3n) is 4.29. The summed E-state index contributed by atoms with van der Waals surface area (Å²) in [4.78, 5) is 9.53. The second kappa shape index (κ2) is 6.21. The Bertz CT molecular complexity index is 438. The Balaban J connectivity index is 1.91. The van der Waals surface area contributed by atoms with Gasteiger partial charge < -0.3 is 5.32 Å². The highest BCUT2D eigenvalue weighted by Crippen LogP contribution is 2.46. The van der Waals surface area contributed by atoms with Crippen LogP contribution in [0.2, 0.25) is 0 Å². The normalized spacial score (nSPS) is 16.7. The van der Waals surface area contributed by atoms with Gasteiger partial charge in [0.25, 0.3) is 0 Å². The molecule has 2 rings (SSSR count). The number of rotatable bonds is 7. The zero-order chi connectivity index (χ0) is 14.8. The van der Waals surface area contributed by atoms with Crippen molar-refractivity contribution in [2.45, 2.75) is 65.7 Å². The highest BCUT2D eigenvalue weighted by Gasteiger charge is 2.42. The predicted molar refractivity (Wildman–Crippen MR) is 84.1 cm³/mol. The van der Waals surface area contributed by atoms with Crippen molar-refractivity contribution in [1.82, 2.24) is 15.3 Å². The Morgan fingerprint density at radius 2 is 1.75 bits per heavy atom. The summed E-state index contributed by atoms with van der Waals surface area (Å²) >= 11 is 0. The Morgan fingerprint density at radius 1 is 1.15 bits per heavy atom. The fraction of sp³-hybridized carbons (Fsp3) is 0.765. The molecule has 112 valence electrons. The first-order valence-electron chi connectivity index (χ1n) is 7.98. The van der Waals surface area contributed by atoms with Crippen LogP contribution in [-0.4, -0.2) is 23.1 Å². The van der Waals surface area contributed by atoms with Crippen LogP contribution < -0.4 is 5.32 Å². The van der Waals surface area contributed by atoms with E-state index in [1.807, 2.05) is 0 Å². The van der Waals surface area contributed by atoms with Crippen LogP contribution in [0.3, 0.4) is 0 Å². The van der Waals surface area contributed by atoms with Gasteiger partial charge in [0.2, 0.25) is 0 Å². The lowest BCUT2D eigenvalue weighted by atomic mass is 10.0. The van der Waals surface area contributed by atoms with Gasteiger partial charge in [0.05, 0.1) is 0 Å². The first-order chi connectivity index (χ1) is 9.42. The van der Waals surface area contributed by atoms with Crippen molar-refractivity contribution in [2.75, 3.05) is 13.1 Å². The summed E-state index contributed by atoms with van der Waals surface area (Å²) in [5, 5.41) is 3.50. The molecule has 1 fully saturated rings. The molecule has 1 aromatic heterocycles. The number of nitrogens with one attached hydrogen (secondary N) is 1. The number of aromatic nitrogens is 2. The molecule has 3 nitrogen and oxygen atoms in total. The average molecular weight is 275 g/mol. The molecule has 1 aliphatic carbocycles. The highest BCUT2D eigenvalue weighted by atomic mass is 14.9. The summed E-state index contributed by atoms with van der Waals surface area (Å²) in [5.74, 6) is 1.79. The highest BCUT2D eigenvalue weighted by molar-refractivity contribution is 5.28. The molecule has 0 aliphatic heterocycles. The standard InChI is InChI=1S/C17H29N3/c1-12(2)11-18-10-6-7-15-13(3)19-16(20-14(15)4)17(5)8-9-17/h12,18H,6-11H2,1-5H3. The van der Waals surface area contributed by atoms with Crippen LogP contribution in [0, 0.1) is 19.8 Å². The van der Waals surface area contributed by atoms with Crippen LogP contribution in [0.4, 0.5) is 0 Å². The van der Waals surface area contributed by atoms with Crippen LogP contribution in [0.1, 0.15) is 62.8 Å². The largest absolute Gasteiger partial charge is 0.316 e.